The number of nitrogens with zero attached hydrogens (tertiary/aromatic N) is 3. The van der Waals surface area contributed by atoms with E-state index in [2.05, 4.69) is 28.4 Å². The van der Waals surface area contributed by atoms with Crippen LogP contribution in [-0.4, -0.2) is 20.6 Å². The van der Waals surface area contributed by atoms with Gasteiger partial charge in [0.05, 0.1) is 11.7 Å². The monoisotopic (exact) mass is 246 g/mol. The molecule has 1 atom stereocenters. The molecular formula is C14H22N4. The van der Waals surface area contributed by atoms with Gasteiger partial charge in [-0.3, -0.25) is 4.98 Å². The fraction of sp³-hybridized carbons (Fsp3) is 0.571. The van der Waals surface area contributed by atoms with Crippen molar-refractivity contribution in [2.75, 3.05) is 0 Å². The Morgan fingerprint density at radius 2 is 2.28 bits per heavy atom. The molecule has 0 spiro atoms. The van der Waals surface area contributed by atoms with E-state index in [0.29, 0.717) is 0 Å². The maximum Gasteiger partial charge on any atom is 0.109 e. The quantitative estimate of drug-likeness (QED) is 0.852. The van der Waals surface area contributed by atoms with Crippen LogP contribution in [-0.2, 0) is 13.0 Å². The van der Waals surface area contributed by atoms with Crippen LogP contribution in [0.1, 0.15) is 38.9 Å². The standard InChI is InChI=1S/C14H22N4/c1-3-9-18-13-7-8-16-10-12(13)17-14(18)6-4-5-11(2)15/h7-8,10-11H,3-6,9,15H2,1-2H3. The maximum absolute atomic E-state index is 5.79. The summed E-state index contributed by atoms with van der Waals surface area (Å²) in [6.07, 6.45) is 7.94. The maximum atomic E-state index is 5.79. The van der Waals surface area contributed by atoms with Crippen LogP contribution in [0.25, 0.3) is 11.0 Å². The molecule has 0 aliphatic heterocycles. The van der Waals surface area contributed by atoms with Gasteiger partial charge in [0, 0.05) is 25.2 Å². The molecule has 18 heavy (non-hydrogen) atoms. The smallest absolute Gasteiger partial charge is 0.109 e. The zero-order chi connectivity index (χ0) is 13.0. The zero-order valence-corrected chi connectivity index (χ0v) is 11.3. The molecule has 0 aromatic carbocycles. The molecule has 0 radical (unpaired) electrons. The summed E-state index contributed by atoms with van der Waals surface area (Å²) in [7, 11) is 0. The lowest BCUT2D eigenvalue weighted by Crippen LogP contribution is -2.15. The molecule has 2 rings (SSSR count). The third-order valence-electron chi connectivity index (χ3n) is 3.14. The Labute approximate surface area is 108 Å². The van der Waals surface area contributed by atoms with Gasteiger partial charge in [0.25, 0.3) is 0 Å². The fourth-order valence-electron chi connectivity index (χ4n) is 2.28. The first-order valence-electron chi connectivity index (χ1n) is 6.77. The van der Waals surface area contributed by atoms with Gasteiger partial charge in [-0.2, -0.15) is 0 Å². The van der Waals surface area contributed by atoms with Crippen molar-refractivity contribution in [2.24, 2.45) is 5.73 Å². The van der Waals surface area contributed by atoms with Crippen molar-refractivity contribution in [3.8, 4) is 0 Å². The summed E-state index contributed by atoms with van der Waals surface area (Å²) in [6.45, 7) is 5.27. The number of pyridine rings is 1. The number of rotatable bonds is 6. The third-order valence-corrected chi connectivity index (χ3v) is 3.14. The largest absolute Gasteiger partial charge is 0.328 e. The molecule has 0 fully saturated rings. The first kappa shape index (κ1) is 13.0. The van der Waals surface area contributed by atoms with E-state index in [9.17, 15) is 0 Å². The van der Waals surface area contributed by atoms with E-state index >= 15 is 0 Å². The summed E-state index contributed by atoms with van der Waals surface area (Å²) in [5, 5.41) is 0. The molecule has 2 aromatic heterocycles. The van der Waals surface area contributed by atoms with Crippen molar-refractivity contribution in [2.45, 2.75) is 52.1 Å². The summed E-state index contributed by atoms with van der Waals surface area (Å²) in [5.74, 6) is 1.17. The molecule has 0 aliphatic carbocycles. The van der Waals surface area contributed by atoms with Crippen LogP contribution in [0, 0.1) is 0 Å². The zero-order valence-electron chi connectivity index (χ0n) is 11.3. The Bertz CT molecular complexity index is 501. The van der Waals surface area contributed by atoms with Crippen molar-refractivity contribution in [1.82, 2.24) is 14.5 Å². The lowest BCUT2D eigenvalue weighted by Gasteiger charge is -2.08. The van der Waals surface area contributed by atoms with E-state index in [1.165, 1.54) is 11.3 Å². The molecule has 4 nitrogen and oxygen atoms in total. The molecule has 0 amide bonds. The first-order chi connectivity index (χ1) is 8.72. The van der Waals surface area contributed by atoms with Gasteiger partial charge in [-0.05, 0) is 32.3 Å². The topological polar surface area (TPSA) is 56.7 Å². The lowest BCUT2D eigenvalue weighted by molar-refractivity contribution is 0.587. The van der Waals surface area contributed by atoms with E-state index in [1.807, 2.05) is 18.5 Å². The number of aromatic nitrogens is 3. The number of nitrogens with two attached hydrogens (primary N) is 1. The Balaban J connectivity index is 2.22. The molecule has 1 unspecified atom stereocenters. The van der Waals surface area contributed by atoms with Crippen LogP contribution in [0.3, 0.4) is 0 Å². The van der Waals surface area contributed by atoms with Crippen molar-refractivity contribution in [3.63, 3.8) is 0 Å². The Kier molecular flexibility index (Phi) is 4.31. The van der Waals surface area contributed by atoms with Gasteiger partial charge in [-0.25, -0.2) is 4.98 Å². The molecule has 2 aromatic rings. The Morgan fingerprint density at radius 1 is 1.44 bits per heavy atom. The van der Waals surface area contributed by atoms with Gasteiger partial charge < -0.3 is 10.3 Å². The van der Waals surface area contributed by atoms with Gasteiger partial charge in [0.2, 0.25) is 0 Å². The molecule has 2 N–H and O–H groups in total. The fourth-order valence-corrected chi connectivity index (χ4v) is 2.28. The highest BCUT2D eigenvalue weighted by Gasteiger charge is 2.09. The number of imidazole rings is 1. The minimum absolute atomic E-state index is 0.274. The molecule has 0 aliphatic rings. The predicted molar refractivity (Wildman–Crippen MR) is 74.4 cm³/mol. The van der Waals surface area contributed by atoms with Crippen molar-refractivity contribution < 1.29 is 0 Å². The number of hydrogen-bond acceptors (Lipinski definition) is 3. The highest BCUT2D eigenvalue weighted by molar-refractivity contribution is 5.74. The average molecular weight is 246 g/mol. The minimum Gasteiger partial charge on any atom is -0.328 e. The minimum atomic E-state index is 0.274. The van der Waals surface area contributed by atoms with E-state index in [1.54, 1.807) is 0 Å². The number of hydrogen-bond donors (Lipinski definition) is 1. The van der Waals surface area contributed by atoms with Crippen LogP contribution < -0.4 is 5.73 Å². The van der Waals surface area contributed by atoms with Crippen LogP contribution in [0.15, 0.2) is 18.5 Å². The summed E-state index contributed by atoms with van der Waals surface area (Å²) in [6, 6.07) is 2.32. The summed E-state index contributed by atoms with van der Waals surface area (Å²) < 4.78 is 2.32. The van der Waals surface area contributed by atoms with E-state index in [-0.39, 0.29) is 6.04 Å². The highest BCUT2D eigenvalue weighted by Crippen LogP contribution is 2.17. The van der Waals surface area contributed by atoms with Crippen LogP contribution in [0.2, 0.25) is 0 Å². The second-order valence-corrected chi connectivity index (χ2v) is 4.91. The SMILES string of the molecule is CCCn1c(CCCC(C)N)nc2cnccc21. The normalized spacial score (nSPS) is 13.1. The average Bonchev–Trinajstić information content (AvgIpc) is 2.68. The molecule has 0 saturated carbocycles. The van der Waals surface area contributed by atoms with Gasteiger partial charge in [-0.15, -0.1) is 0 Å². The number of aryl methyl sites for hydroxylation is 2. The highest BCUT2D eigenvalue weighted by atomic mass is 15.1. The van der Waals surface area contributed by atoms with Gasteiger partial charge >= 0.3 is 0 Å². The first-order valence-corrected chi connectivity index (χ1v) is 6.77. The summed E-state index contributed by atoms with van der Waals surface area (Å²) in [4.78, 5) is 8.83. The van der Waals surface area contributed by atoms with Gasteiger partial charge in [0.15, 0.2) is 0 Å². The van der Waals surface area contributed by atoms with Gasteiger partial charge in [-0.1, -0.05) is 6.92 Å². The van der Waals surface area contributed by atoms with E-state index in [0.717, 1.165) is 37.7 Å². The van der Waals surface area contributed by atoms with E-state index in [4.69, 9.17) is 5.73 Å². The lowest BCUT2D eigenvalue weighted by atomic mass is 10.1. The predicted octanol–water partition coefficient (Wildman–Crippen LogP) is 2.51. The van der Waals surface area contributed by atoms with Crippen molar-refractivity contribution in [3.05, 3.63) is 24.3 Å². The molecule has 4 heteroatoms. The second kappa shape index (κ2) is 5.96. The Hall–Kier alpha value is -1.42. The summed E-state index contributed by atoms with van der Waals surface area (Å²) >= 11 is 0. The Morgan fingerprint density at radius 3 is 3.00 bits per heavy atom. The van der Waals surface area contributed by atoms with Crippen LogP contribution in [0.4, 0.5) is 0 Å². The molecular weight excluding hydrogens is 224 g/mol. The molecule has 0 saturated heterocycles. The summed E-state index contributed by atoms with van der Waals surface area (Å²) in [5.41, 5.74) is 7.99. The van der Waals surface area contributed by atoms with Crippen LogP contribution >= 0.6 is 0 Å². The molecule has 0 bridgehead atoms. The van der Waals surface area contributed by atoms with E-state index < -0.39 is 0 Å². The molecule has 98 valence electrons. The van der Waals surface area contributed by atoms with Crippen molar-refractivity contribution >= 4 is 11.0 Å². The molecule has 2 heterocycles. The van der Waals surface area contributed by atoms with Crippen LogP contribution in [0.5, 0.6) is 0 Å². The second-order valence-electron chi connectivity index (χ2n) is 4.91. The van der Waals surface area contributed by atoms with Crippen molar-refractivity contribution in [1.29, 1.82) is 0 Å². The van der Waals surface area contributed by atoms with Gasteiger partial charge in [0.1, 0.15) is 11.3 Å². The third kappa shape index (κ3) is 2.88. The number of fused-ring (bicyclic) bond motifs is 1.